The lowest BCUT2D eigenvalue weighted by molar-refractivity contribution is 0.398. The van der Waals surface area contributed by atoms with E-state index in [9.17, 15) is 5.26 Å². The maximum atomic E-state index is 9.64. The Bertz CT molecular complexity index is 1130. The quantitative estimate of drug-likeness (QED) is 0.514. The Morgan fingerprint density at radius 2 is 1.69 bits per heavy atom. The van der Waals surface area contributed by atoms with E-state index in [0.717, 1.165) is 22.2 Å². The first-order chi connectivity index (χ1) is 13.7. The Kier molecular flexibility index (Phi) is 5.79. The molecule has 0 saturated carbocycles. The van der Waals surface area contributed by atoms with Crippen LogP contribution in [0.5, 0.6) is 11.5 Å². The molecule has 1 heterocycles. The smallest absolute Gasteiger partial charge is 0.139 e. The summed E-state index contributed by atoms with van der Waals surface area (Å²) >= 11 is 12.5. The molecule has 0 unspecified atom stereocenters. The van der Waals surface area contributed by atoms with E-state index in [1.54, 1.807) is 25.4 Å². The van der Waals surface area contributed by atoms with Crippen LogP contribution in [0.1, 0.15) is 31.9 Å². The largest absolute Gasteiger partial charge is 0.496 e. The van der Waals surface area contributed by atoms with Crippen LogP contribution in [0.25, 0.3) is 10.9 Å². The van der Waals surface area contributed by atoms with Gasteiger partial charge in [0.25, 0.3) is 0 Å². The van der Waals surface area contributed by atoms with Gasteiger partial charge in [-0.15, -0.1) is 0 Å². The number of pyridine rings is 1. The maximum Gasteiger partial charge on any atom is 0.139 e. The van der Waals surface area contributed by atoms with Crippen molar-refractivity contribution in [3.63, 3.8) is 0 Å². The summed E-state index contributed by atoms with van der Waals surface area (Å²) in [7, 11) is 3.16. The highest BCUT2D eigenvalue weighted by atomic mass is 35.5. The molecule has 2 aromatic carbocycles. The van der Waals surface area contributed by atoms with E-state index >= 15 is 0 Å². The molecule has 5 nitrogen and oxygen atoms in total. The van der Waals surface area contributed by atoms with Gasteiger partial charge in [-0.25, -0.2) is 0 Å². The van der Waals surface area contributed by atoms with Gasteiger partial charge < -0.3 is 14.8 Å². The summed E-state index contributed by atoms with van der Waals surface area (Å²) in [5, 5.41) is 14.5. The number of hydrogen-bond acceptors (Lipinski definition) is 5. The highest BCUT2D eigenvalue weighted by Gasteiger charge is 2.22. The number of nitriles is 1. The summed E-state index contributed by atoms with van der Waals surface area (Å²) in [5.74, 6) is 1.20. The fraction of sp³-hybridized carbons (Fsp3) is 0.273. The van der Waals surface area contributed by atoms with E-state index in [2.05, 4.69) is 37.1 Å². The summed E-state index contributed by atoms with van der Waals surface area (Å²) in [6, 6.07) is 9.36. The third-order valence-electron chi connectivity index (χ3n) is 4.62. The van der Waals surface area contributed by atoms with Gasteiger partial charge >= 0.3 is 0 Å². The predicted octanol–water partition coefficient (Wildman–Crippen LogP) is 6.47. The van der Waals surface area contributed by atoms with Crippen LogP contribution in [0.4, 0.5) is 11.4 Å². The first-order valence-electron chi connectivity index (χ1n) is 8.91. The van der Waals surface area contributed by atoms with E-state index in [1.807, 2.05) is 12.1 Å². The number of nitrogens with one attached hydrogen (secondary N) is 1. The van der Waals surface area contributed by atoms with Crippen LogP contribution in [0.3, 0.4) is 0 Å². The topological polar surface area (TPSA) is 67.2 Å². The number of fused-ring (bicyclic) bond motifs is 1. The second kappa shape index (κ2) is 7.98. The third-order valence-corrected chi connectivity index (χ3v) is 5.23. The van der Waals surface area contributed by atoms with Crippen molar-refractivity contribution in [2.24, 2.45) is 0 Å². The molecule has 0 spiro atoms. The van der Waals surface area contributed by atoms with E-state index in [0.29, 0.717) is 32.7 Å². The van der Waals surface area contributed by atoms with Crippen LogP contribution in [-0.2, 0) is 5.41 Å². The summed E-state index contributed by atoms with van der Waals surface area (Å²) in [5.41, 5.74) is 3.18. The monoisotopic (exact) mass is 429 g/mol. The van der Waals surface area contributed by atoms with E-state index in [1.165, 1.54) is 7.11 Å². The van der Waals surface area contributed by atoms with Gasteiger partial charge in [-0.3, -0.25) is 4.98 Å². The van der Waals surface area contributed by atoms with Gasteiger partial charge in [0.1, 0.15) is 17.6 Å². The standard InChI is InChI=1S/C22H21Cl2N3O2/c1-22(2,3)14-7-17-13(6-19(14)28-4)21(12(10-25)11-26-17)27-18-9-20(29-5)16(24)8-15(18)23/h6-9,11H,1-5H3,(H,26,27). The van der Waals surface area contributed by atoms with Crippen LogP contribution in [0.15, 0.2) is 30.5 Å². The average Bonchev–Trinajstić information content (AvgIpc) is 2.68. The molecule has 1 aromatic heterocycles. The molecule has 7 heteroatoms. The maximum absolute atomic E-state index is 9.64. The first-order valence-corrected chi connectivity index (χ1v) is 9.66. The van der Waals surface area contributed by atoms with Crippen molar-refractivity contribution >= 4 is 45.5 Å². The van der Waals surface area contributed by atoms with Gasteiger partial charge in [0, 0.05) is 23.2 Å². The third kappa shape index (κ3) is 4.05. The second-order valence-electron chi connectivity index (χ2n) is 7.57. The molecular formula is C22H21Cl2N3O2. The lowest BCUT2D eigenvalue weighted by atomic mass is 9.85. The highest BCUT2D eigenvalue weighted by Crippen LogP contribution is 2.40. The second-order valence-corrected chi connectivity index (χ2v) is 8.38. The number of hydrogen-bond donors (Lipinski definition) is 1. The molecule has 1 N–H and O–H groups in total. The molecule has 0 atom stereocenters. The Morgan fingerprint density at radius 1 is 1.00 bits per heavy atom. The van der Waals surface area contributed by atoms with E-state index < -0.39 is 0 Å². The molecule has 0 radical (unpaired) electrons. The number of anilines is 2. The van der Waals surface area contributed by atoms with Gasteiger partial charge in [-0.1, -0.05) is 44.0 Å². The number of aromatic nitrogens is 1. The minimum Gasteiger partial charge on any atom is -0.496 e. The molecule has 3 rings (SSSR count). The van der Waals surface area contributed by atoms with Crippen molar-refractivity contribution in [1.29, 1.82) is 5.26 Å². The Hall–Kier alpha value is -2.68. The first kappa shape index (κ1) is 21.0. The number of nitrogens with zero attached hydrogens (tertiary/aromatic N) is 2. The van der Waals surface area contributed by atoms with Crippen molar-refractivity contribution in [3.05, 3.63) is 51.6 Å². The number of rotatable bonds is 4. The zero-order valence-corrected chi connectivity index (χ0v) is 18.4. The van der Waals surface area contributed by atoms with Crippen molar-refractivity contribution in [2.75, 3.05) is 19.5 Å². The molecule has 0 aliphatic rings. The molecule has 0 aliphatic heterocycles. The van der Waals surface area contributed by atoms with Gasteiger partial charge in [-0.2, -0.15) is 5.26 Å². The summed E-state index contributed by atoms with van der Waals surface area (Å²) in [6.45, 7) is 6.33. The lowest BCUT2D eigenvalue weighted by Gasteiger charge is -2.23. The molecular weight excluding hydrogens is 409 g/mol. The Balaban J connectivity index is 2.25. The molecule has 29 heavy (non-hydrogen) atoms. The van der Waals surface area contributed by atoms with Crippen LogP contribution < -0.4 is 14.8 Å². The summed E-state index contributed by atoms with van der Waals surface area (Å²) < 4.78 is 10.9. The molecule has 0 fully saturated rings. The normalized spacial score (nSPS) is 11.2. The van der Waals surface area contributed by atoms with Gasteiger partial charge in [-0.05, 0) is 23.6 Å². The number of halogens is 2. The molecule has 3 aromatic rings. The minimum atomic E-state index is -0.129. The van der Waals surface area contributed by atoms with Crippen LogP contribution in [0.2, 0.25) is 10.0 Å². The predicted molar refractivity (Wildman–Crippen MR) is 118 cm³/mol. The molecule has 0 amide bonds. The van der Waals surface area contributed by atoms with Crippen LogP contribution in [0, 0.1) is 11.3 Å². The molecule has 0 saturated heterocycles. The van der Waals surface area contributed by atoms with Crippen molar-refractivity contribution in [2.45, 2.75) is 26.2 Å². The van der Waals surface area contributed by atoms with E-state index in [-0.39, 0.29) is 5.41 Å². The fourth-order valence-corrected chi connectivity index (χ4v) is 3.62. The fourth-order valence-electron chi connectivity index (χ4n) is 3.11. The summed E-state index contributed by atoms with van der Waals surface area (Å²) in [4.78, 5) is 4.48. The molecule has 150 valence electrons. The van der Waals surface area contributed by atoms with Crippen molar-refractivity contribution in [1.82, 2.24) is 4.98 Å². The number of methoxy groups -OCH3 is 2. The summed E-state index contributed by atoms with van der Waals surface area (Å²) in [6.07, 6.45) is 1.55. The van der Waals surface area contributed by atoms with Gasteiger partial charge in [0.05, 0.1) is 46.7 Å². The van der Waals surface area contributed by atoms with Crippen molar-refractivity contribution in [3.8, 4) is 17.6 Å². The van der Waals surface area contributed by atoms with Crippen molar-refractivity contribution < 1.29 is 9.47 Å². The highest BCUT2D eigenvalue weighted by molar-refractivity contribution is 6.37. The molecule has 0 bridgehead atoms. The SMILES string of the molecule is COc1cc(Nc2c(C#N)cnc3cc(C(C)(C)C)c(OC)cc23)c(Cl)cc1Cl. The lowest BCUT2D eigenvalue weighted by Crippen LogP contribution is -2.13. The zero-order chi connectivity index (χ0) is 21.3. The number of benzene rings is 2. The average molecular weight is 430 g/mol. The Labute approximate surface area is 180 Å². The van der Waals surface area contributed by atoms with Crippen LogP contribution >= 0.6 is 23.2 Å². The zero-order valence-electron chi connectivity index (χ0n) is 16.9. The van der Waals surface area contributed by atoms with Crippen LogP contribution in [-0.4, -0.2) is 19.2 Å². The number of ether oxygens (including phenoxy) is 2. The Morgan fingerprint density at radius 3 is 2.28 bits per heavy atom. The minimum absolute atomic E-state index is 0.129. The van der Waals surface area contributed by atoms with Gasteiger partial charge in [0.2, 0.25) is 0 Å². The molecule has 0 aliphatic carbocycles. The van der Waals surface area contributed by atoms with Gasteiger partial charge in [0.15, 0.2) is 0 Å². The van der Waals surface area contributed by atoms with E-state index in [4.69, 9.17) is 32.7 Å².